The van der Waals surface area contributed by atoms with Gasteiger partial charge in [-0.15, -0.1) is 11.3 Å². The number of aliphatic hydroxyl groups is 1. The molecule has 0 bridgehead atoms. The monoisotopic (exact) mass is 339 g/mol. The molecule has 2 rings (SSSR count). The summed E-state index contributed by atoms with van der Waals surface area (Å²) in [5.41, 5.74) is 0. The van der Waals surface area contributed by atoms with Gasteiger partial charge in [-0.05, 0) is 41.8 Å². The first-order valence-corrected chi connectivity index (χ1v) is 6.76. The summed E-state index contributed by atoms with van der Waals surface area (Å²) in [6.45, 7) is 2.00. The van der Waals surface area contributed by atoms with Crippen LogP contribution in [0.5, 0.6) is 0 Å². The average molecular weight is 339 g/mol. The summed E-state index contributed by atoms with van der Waals surface area (Å²) in [4.78, 5) is 3.50. The Kier molecular flexibility index (Phi) is 4.00. The van der Waals surface area contributed by atoms with Crippen LogP contribution in [0, 0.1) is 2.88 Å². The lowest BCUT2D eigenvalue weighted by atomic mass is 10.2. The summed E-state index contributed by atoms with van der Waals surface area (Å²) in [7, 11) is 2.04. The van der Waals surface area contributed by atoms with Gasteiger partial charge in [0.2, 0.25) is 0 Å². The molecule has 1 saturated heterocycles. The molecule has 84 valence electrons. The topological polar surface area (TPSA) is 32.7 Å². The highest BCUT2D eigenvalue weighted by Crippen LogP contribution is 2.21. The standard InChI is InChI=1S/C10H14INO2S/c1-12(8-5-14-6-9(8)13)4-7-2-3-10(11)15-7/h2-3,8-9,13H,4-6H2,1H3/t8-,9-/m1/s1. The van der Waals surface area contributed by atoms with Crippen molar-refractivity contribution in [2.24, 2.45) is 0 Å². The Labute approximate surface area is 107 Å². The van der Waals surface area contributed by atoms with Gasteiger partial charge >= 0.3 is 0 Å². The van der Waals surface area contributed by atoms with Crippen molar-refractivity contribution in [1.82, 2.24) is 4.90 Å². The van der Waals surface area contributed by atoms with E-state index < -0.39 is 0 Å². The lowest BCUT2D eigenvalue weighted by Gasteiger charge is -2.24. The molecule has 1 fully saturated rings. The fraction of sp³-hybridized carbons (Fsp3) is 0.600. The number of ether oxygens (including phenoxy) is 1. The Bertz CT molecular complexity index is 331. The van der Waals surface area contributed by atoms with E-state index in [2.05, 4.69) is 39.6 Å². The SMILES string of the molecule is CN(Cc1ccc(I)s1)[C@@H]1COC[C@H]1O. The van der Waals surface area contributed by atoms with Crippen molar-refractivity contribution in [2.45, 2.75) is 18.7 Å². The predicted octanol–water partition coefficient (Wildman–Crippen LogP) is 1.54. The van der Waals surface area contributed by atoms with Gasteiger partial charge in [0.25, 0.3) is 0 Å². The van der Waals surface area contributed by atoms with Crippen molar-refractivity contribution in [3.63, 3.8) is 0 Å². The predicted molar refractivity (Wildman–Crippen MR) is 69.1 cm³/mol. The van der Waals surface area contributed by atoms with E-state index in [-0.39, 0.29) is 12.1 Å². The van der Waals surface area contributed by atoms with E-state index in [4.69, 9.17) is 4.74 Å². The van der Waals surface area contributed by atoms with Crippen LogP contribution in [0.2, 0.25) is 0 Å². The number of nitrogens with zero attached hydrogens (tertiary/aromatic N) is 1. The summed E-state index contributed by atoms with van der Waals surface area (Å²) in [5, 5.41) is 9.68. The van der Waals surface area contributed by atoms with Crippen LogP contribution in [0.4, 0.5) is 0 Å². The van der Waals surface area contributed by atoms with Crippen molar-refractivity contribution < 1.29 is 9.84 Å². The Hall–Kier alpha value is 0.310. The zero-order valence-corrected chi connectivity index (χ0v) is 11.5. The maximum Gasteiger partial charge on any atom is 0.0950 e. The molecule has 0 saturated carbocycles. The number of likely N-dealkylation sites (N-methyl/N-ethyl adjacent to an activating group) is 1. The maximum atomic E-state index is 9.68. The van der Waals surface area contributed by atoms with E-state index in [1.165, 1.54) is 7.76 Å². The highest BCUT2D eigenvalue weighted by molar-refractivity contribution is 14.1. The lowest BCUT2D eigenvalue weighted by Crippen LogP contribution is -2.39. The second kappa shape index (κ2) is 5.09. The Balaban J connectivity index is 1.94. The second-order valence-electron chi connectivity index (χ2n) is 3.79. The molecule has 0 unspecified atom stereocenters. The fourth-order valence-corrected chi connectivity index (χ4v) is 3.57. The van der Waals surface area contributed by atoms with Crippen LogP contribution in [0.3, 0.4) is 0 Å². The van der Waals surface area contributed by atoms with Gasteiger partial charge in [0.1, 0.15) is 0 Å². The highest BCUT2D eigenvalue weighted by Gasteiger charge is 2.29. The van der Waals surface area contributed by atoms with Crippen molar-refractivity contribution >= 4 is 33.9 Å². The van der Waals surface area contributed by atoms with Crippen molar-refractivity contribution in [2.75, 3.05) is 20.3 Å². The minimum absolute atomic E-state index is 0.143. The molecule has 2 atom stereocenters. The molecule has 2 heterocycles. The summed E-state index contributed by atoms with van der Waals surface area (Å²) in [6, 6.07) is 4.41. The van der Waals surface area contributed by atoms with Crippen molar-refractivity contribution in [3.8, 4) is 0 Å². The minimum atomic E-state index is -0.339. The third-order valence-corrected chi connectivity index (χ3v) is 4.50. The van der Waals surface area contributed by atoms with Gasteiger partial charge in [0, 0.05) is 11.4 Å². The fourth-order valence-electron chi connectivity index (χ4n) is 1.75. The van der Waals surface area contributed by atoms with Gasteiger partial charge in [-0.25, -0.2) is 0 Å². The first-order chi connectivity index (χ1) is 7.16. The molecule has 1 aliphatic heterocycles. The van der Waals surface area contributed by atoms with Crippen LogP contribution >= 0.6 is 33.9 Å². The first kappa shape index (κ1) is 11.8. The number of aliphatic hydroxyl groups excluding tert-OH is 1. The van der Waals surface area contributed by atoms with Crippen LogP contribution in [-0.2, 0) is 11.3 Å². The number of hydrogen-bond acceptors (Lipinski definition) is 4. The molecule has 5 heteroatoms. The van der Waals surface area contributed by atoms with Gasteiger partial charge in [0.15, 0.2) is 0 Å². The molecule has 0 amide bonds. The number of hydrogen-bond donors (Lipinski definition) is 1. The van der Waals surface area contributed by atoms with Crippen LogP contribution < -0.4 is 0 Å². The molecule has 0 spiro atoms. The third kappa shape index (κ3) is 2.91. The zero-order chi connectivity index (χ0) is 10.8. The van der Waals surface area contributed by atoms with Crippen LogP contribution in [0.1, 0.15) is 4.88 Å². The highest BCUT2D eigenvalue weighted by atomic mass is 127. The molecule has 0 aromatic carbocycles. The van der Waals surface area contributed by atoms with E-state index in [0.717, 1.165) is 6.54 Å². The van der Waals surface area contributed by atoms with E-state index in [1.807, 2.05) is 7.05 Å². The van der Waals surface area contributed by atoms with Crippen LogP contribution in [0.15, 0.2) is 12.1 Å². The molecule has 3 nitrogen and oxygen atoms in total. The zero-order valence-electron chi connectivity index (χ0n) is 8.52. The second-order valence-corrected chi connectivity index (χ2v) is 6.86. The summed E-state index contributed by atoms with van der Waals surface area (Å²) in [5.74, 6) is 0. The van der Waals surface area contributed by atoms with Crippen molar-refractivity contribution in [3.05, 3.63) is 19.9 Å². The number of rotatable bonds is 3. The van der Waals surface area contributed by atoms with Gasteiger partial charge in [0.05, 0.1) is 28.2 Å². The maximum absolute atomic E-state index is 9.68. The van der Waals surface area contributed by atoms with E-state index in [1.54, 1.807) is 11.3 Å². The summed E-state index contributed by atoms with van der Waals surface area (Å²) in [6.07, 6.45) is -0.339. The molecular formula is C10H14INO2S. The van der Waals surface area contributed by atoms with Gasteiger partial charge < -0.3 is 9.84 Å². The van der Waals surface area contributed by atoms with E-state index in [0.29, 0.717) is 13.2 Å². The third-order valence-electron chi connectivity index (χ3n) is 2.62. The first-order valence-electron chi connectivity index (χ1n) is 4.87. The largest absolute Gasteiger partial charge is 0.389 e. The van der Waals surface area contributed by atoms with Gasteiger partial charge in [-0.3, -0.25) is 4.90 Å². The summed E-state index contributed by atoms with van der Waals surface area (Å²) < 4.78 is 6.55. The molecular weight excluding hydrogens is 325 g/mol. The average Bonchev–Trinajstić information content (AvgIpc) is 2.75. The quantitative estimate of drug-likeness (QED) is 0.849. The van der Waals surface area contributed by atoms with Crippen LogP contribution in [0.25, 0.3) is 0 Å². The van der Waals surface area contributed by atoms with E-state index >= 15 is 0 Å². The minimum Gasteiger partial charge on any atom is -0.389 e. The van der Waals surface area contributed by atoms with Gasteiger partial charge in [-0.1, -0.05) is 0 Å². The van der Waals surface area contributed by atoms with Gasteiger partial charge in [-0.2, -0.15) is 0 Å². The lowest BCUT2D eigenvalue weighted by molar-refractivity contribution is 0.0930. The molecule has 1 aliphatic rings. The molecule has 15 heavy (non-hydrogen) atoms. The normalized spacial score (nSPS) is 26.4. The molecule has 0 radical (unpaired) electrons. The number of halogens is 1. The molecule has 0 aliphatic carbocycles. The summed E-state index contributed by atoms with van der Waals surface area (Å²) >= 11 is 4.12. The Morgan fingerprint density at radius 3 is 2.93 bits per heavy atom. The molecule has 1 aromatic heterocycles. The van der Waals surface area contributed by atoms with Crippen LogP contribution in [-0.4, -0.2) is 42.4 Å². The smallest absolute Gasteiger partial charge is 0.0950 e. The Morgan fingerprint density at radius 2 is 2.40 bits per heavy atom. The van der Waals surface area contributed by atoms with Crippen molar-refractivity contribution in [1.29, 1.82) is 0 Å². The number of thiophene rings is 1. The molecule has 1 aromatic rings. The Morgan fingerprint density at radius 1 is 1.60 bits per heavy atom. The van der Waals surface area contributed by atoms with E-state index in [9.17, 15) is 5.11 Å². The molecule has 1 N–H and O–H groups in total.